The summed E-state index contributed by atoms with van der Waals surface area (Å²) in [6, 6.07) is 5.18. The number of ether oxygens (including phenoxy) is 6. The number of rotatable bonds is 9. The van der Waals surface area contributed by atoms with Crippen molar-refractivity contribution in [2.45, 2.75) is 0 Å². The molecule has 1 N–H and O–H groups in total. The number of phenolic OH excluding ortho intramolecular Hbond substituents is 1. The van der Waals surface area contributed by atoms with Crippen molar-refractivity contribution in [2.24, 2.45) is 0 Å². The third-order valence-corrected chi connectivity index (χ3v) is 4.16. The summed E-state index contributed by atoms with van der Waals surface area (Å²) in [5, 5.41) is 10.6. The predicted octanol–water partition coefficient (Wildman–Crippen LogP) is 3.34. The van der Waals surface area contributed by atoms with Gasteiger partial charge in [0.25, 0.3) is 0 Å². The lowest BCUT2D eigenvalue weighted by atomic mass is 10.0. The molecule has 0 fully saturated rings. The highest BCUT2D eigenvalue weighted by Gasteiger charge is 2.30. The molecule has 0 amide bonds. The van der Waals surface area contributed by atoms with E-state index >= 15 is 0 Å². The molecule has 29 heavy (non-hydrogen) atoms. The maximum absolute atomic E-state index is 12.9. The first-order valence-electron chi connectivity index (χ1n) is 8.49. The topological polar surface area (TPSA) is 92.7 Å². The fraction of sp³-hybridized carbons (Fsp3) is 0.286. The molecule has 0 aliphatic rings. The molecule has 0 bridgehead atoms. The highest BCUT2D eigenvalue weighted by molar-refractivity contribution is 6.12. The average Bonchev–Trinajstić information content (AvgIpc) is 2.75. The first-order valence-corrected chi connectivity index (χ1v) is 8.49. The highest BCUT2D eigenvalue weighted by atomic mass is 16.5. The normalized spacial score (nSPS) is 10.6. The smallest absolute Gasteiger partial charge is 0.211 e. The number of carbonyl (C=O) groups excluding carboxylic acids is 1. The van der Waals surface area contributed by atoms with E-state index in [-0.39, 0.29) is 28.6 Å². The van der Waals surface area contributed by atoms with Crippen molar-refractivity contribution in [3.63, 3.8) is 0 Å². The molecule has 156 valence electrons. The third kappa shape index (κ3) is 4.31. The van der Waals surface area contributed by atoms with Gasteiger partial charge in [0.05, 0.1) is 42.7 Å². The minimum Gasteiger partial charge on any atom is -0.504 e. The van der Waals surface area contributed by atoms with E-state index in [2.05, 4.69) is 0 Å². The van der Waals surface area contributed by atoms with Crippen molar-refractivity contribution >= 4 is 11.9 Å². The Bertz CT molecular complexity index is 895. The molecule has 2 aromatic carbocycles. The number of hydrogen-bond acceptors (Lipinski definition) is 8. The molecule has 0 spiro atoms. The van der Waals surface area contributed by atoms with Crippen LogP contribution in [0.15, 0.2) is 24.3 Å². The second kappa shape index (κ2) is 9.59. The zero-order chi connectivity index (χ0) is 21.6. The first-order chi connectivity index (χ1) is 13.9. The Morgan fingerprint density at radius 1 is 0.724 bits per heavy atom. The van der Waals surface area contributed by atoms with Crippen molar-refractivity contribution < 1.29 is 38.3 Å². The van der Waals surface area contributed by atoms with Crippen molar-refractivity contribution in [1.29, 1.82) is 0 Å². The monoisotopic (exact) mass is 404 g/mol. The van der Waals surface area contributed by atoms with E-state index < -0.39 is 11.5 Å². The Labute approximate surface area is 169 Å². The lowest BCUT2D eigenvalue weighted by Gasteiger charge is -2.19. The highest BCUT2D eigenvalue weighted by Crippen LogP contribution is 2.53. The second-order valence-electron chi connectivity index (χ2n) is 5.70. The summed E-state index contributed by atoms with van der Waals surface area (Å²) >= 11 is 0. The number of ketones is 1. The van der Waals surface area contributed by atoms with Gasteiger partial charge in [-0.2, -0.15) is 0 Å². The van der Waals surface area contributed by atoms with Gasteiger partial charge in [0.15, 0.2) is 17.3 Å². The van der Waals surface area contributed by atoms with Crippen LogP contribution in [0.5, 0.6) is 40.2 Å². The van der Waals surface area contributed by atoms with Crippen LogP contribution in [0.3, 0.4) is 0 Å². The molecule has 0 unspecified atom stereocenters. The van der Waals surface area contributed by atoms with Gasteiger partial charge in [-0.25, -0.2) is 0 Å². The molecular formula is C21H24O8. The van der Waals surface area contributed by atoms with Crippen LogP contribution in [-0.2, 0) is 0 Å². The third-order valence-electron chi connectivity index (χ3n) is 4.16. The van der Waals surface area contributed by atoms with E-state index in [1.54, 1.807) is 24.3 Å². The van der Waals surface area contributed by atoms with Crippen molar-refractivity contribution in [3.05, 3.63) is 35.4 Å². The molecule has 0 saturated carbocycles. The Hall–Kier alpha value is -3.55. The number of phenols is 1. The number of carbonyl (C=O) groups is 1. The van der Waals surface area contributed by atoms with E-state index in [0.717, 1.165) is 0 Å². The number of aromatic hydroxyl groups is 1. The van der Waals surface area contributed by atoms with Gasteiger partial charge in [-0.3, -0.25) is 4.79 Å². The van der Waals surface area contributed by atoms with E-state index in [0.29, 0.717) is 17.1 Å². The van der Waals surface area contributed by atoms with Gasteiger partial charge in [-0.15, -0.1) is 0 Å². The first kappa shape index (κ1) is 21.7. The van der Waals surface area contributed by atoms with Gasteiger partial charge in [0, 0.05) is 6.07 Å². The van der Waals surface area contributed by atoms with Crippen LogP contribution in [0.1, 0.15) is 15.9 Å². The second-order valence-corrected chi connectivity index (χ2v) is 5.70. The van der Waals surface area contributed by atoms with Crippen LogP contribution in [0, 0.1) is 0 Å². The van der Waals surface area contributed by atoms with Gasteiger partial charge >= 0.3 is 0 Å². The molecule has 2 rings (SSSR count). The Balaban J connectivity index is 2.57. The summed E-state index contributed by atoms with van der Waals surface area (Å²) in [5.74, 6) is 0.437. The standard InChI is InChI=1S/C21H24O8/c1-24-13-9-12(10-14(11-13)25-2)7-8-15(22)16-17(23)19(27-4)21(29-6)20(28-5)18(16)26-3/h7-11,23H,1-6H3/b8-7+. The van der Waals surface area contributed by atoms with Crippen LogP contribution in [-0.4, -0.2) is 53.5 Å². The van der Waals surface area contributed by atoms with Crippen LogP contribution in [0.2, 0.25) is 0 Å². The van der Waals surface area contributed by atoms with Crippen LogP contribution < -0.4 is 28.4 Å². The van der Waals surface area contributed by atoms with Crippen molar-refractivity contribution in [2.75, 3.05) is 42.7 Å². The molecule has 2 aromatic rings. The number of hydrogen-bond donors (Lipinski definition) is 1. The molecule has 0 heterocycles. The number of benzene rings is 2. The van der Waals surface area contributed by atoms with Gasteiger partial charge in [0.1, 0.15) is 17.1 Å². The van der Waals surface area contributed by atoms with Gasteiger partial charge in [-0.1, -0.05) is 6.08 Å². The number of methoxy groups -OCH3 is 6. The van der Waals surface area contributed by atoms with Gasteiger partial charge in [0.2, 0.25) is 17.2 Å². The fourth-order valence-electron chi connectivity index (χ4n) is 2.81. The Morgan fingerprint density at radius 2 is 1.21 bits per heavy atom. The predicted molar refractivity (Wildman–Crippen MR) is 107 cm³/mol. The molecule has 8 nitrogen and oxygen atoms in total. The molecular weight excluding hydrogens is 380 g/mol. The van der Waals surface area contributed by atoms with Crippen LogP contribution >= 0.6 is 0 Å². The molecule has 8 heteroatoms. The van der Waals surface area contributed by atoms with Gasteiger partial charge < -0.3 is 33.5 Å². The zero-order valence-corrected chi connectivity index (χ0v) is 17.2. The molecule has 0 aromatic heterocycles. The van der Waals surface area contributed by atoms with E-state index in [9.17, 15) is 9.90 Å². The van der Waals surface area contributed by atoms with E-state index in [1.165, 1.54) is 48.7 Å². The lowest BCUT2D eigenvalue weighted by molar-refractivity contribution is 0.104. The summed E-state index contributed by atoms with van der Waals surface area (Å²) in [4.78, 5) is 12.9. The van der Waals surface area contributed by atoms with E-state index in [1.807, 2.05) is 0 Å². The summed E-state index contributed by atoms with van der Waals surface area (Å²) in [6.45, 7) is 0. The SMILES string of the molecule is COc1cc(/C=C/C(=O)c2c(O)c(OC)c(OC)c(OC)c2OC)cc(OC)c1. The molecule has 0 radical (unpaired) electrons. The molecule has 0 aliphatic carbocycles. The molecule has 0 atom stereocenters. The van der Waals surface area contributed by atoms with Gasteiger partial charge in [-0.05, 0) is 23.8 Å². The molecule has 0 saturated heterocycles. The lowest BCUT2D eigenvalue weighted by Crippen LogP contribution is -2.06. The fourth-order valence-corrected chi connectivity index (χ4v) is 2.81. The van der Waals surface area contributed by atoms with Crippen LogP contribution in [0.4, 0.5) is 0 Å². The molecule has 0 aliphatic heterocycles. The maximum atomic E-state index is 12.9. The minimum absolute atomic E-state index is 0.0283. The number of allylic oxidation sites excluding steroid dienone is 1. The summed E-state index contributed by atoms with van der Waals surface area (Å²) < 4.78 is 31.5. The Kier molecular flexibility index (Phi) is 7.19. The van der Waals surface area contributed by atoms with Crippen molar-refractivity contribution in [3.8, 4) is 40.2 Å². The summed E-state index contributed by atoms with van der Waals surface area (Å²) in [6.07, 6.45) is 2.85. The minimum atomic E-state index is -0.527. The zero-order valence-electron chi connectivity index (χ0n) is 17.2. The van der Waals surface area contributed by atoms with E-state index in [4.69, 9.17) is 28.4 Å². The van der Waals surface area contributed by atoms with Crippen molar-refractivity contribution in [1.82, 2.24) is 0 Å². The maximum Gasteiger partial charge on any atom is 0.211 e. The summed E-state index contributed by atoms with van der Waals surface area (Å²) in [7, 11) is 8.55. The van der Waals surface area contributed by atoms with Crippen LogP contribution in [0.25, 0.3) is 6.08 Å². The Morgan fingerprint density at radius 3 is 1.66 bits per heavy atom. The largest absolute Gasteiger partial charge is 0.504 e. The quantitative estimate of drug-likeness (QED) is 0.503. The summed E-state index contributed by atoms with van der Waals surface area (Å²) in [5.41, 5.74) is 0.550. The average molecular weight is 404 g/mol.